The molecule has 0 saturated carbocycles. The molecule has 46 heavy (non-hydrogen) atoms. The number of carboxylic acids is 1. The third kappa shape index (κ3) is 11.6. The fraction of sp³-hybridized carbons (Fsp3) is 0.300. The Hall–Kier alpha value is -5.38. The number of rotatable bonds is 12. The number of aromatic nitrogens is 1. The lowest BCUT2D eigenvalue weighted by molar-refractivity contribution is -0.192. The standard InChI is InChI=1S/C28H35N7O4.C2HF3O2/c1-5-38-23-17-20(10-13-22(23)39-16-15-35(3)4)25(32-21-11-8-19(9-12-21)26(29)30)28(37)34-33-27(36)24-18(2)7-6-14-31-24;3-2(4,5)1(6)7/h6-14,17,25,32H,5,15-16H2,1-4H3,(H3,29,30)(H,33,36)(H,34,37);(H,6,7). The number of likely N-dealkylation sites (N-methyl/N-ethyl adjacent to an activating group) is 1. The molecular weight excluding hydrogens is 611 g/mol. The van der Waals surface area contributed by atoms with Crippen LogP contribution in [0, 0.1) is 12.3 Å². The van der Waals surface area contributed by atoms with Crippen LogP contribution in [-0.4, -0.2) is 78.6 Å². The van der Waals surface area contributed by atoms with Crippen molar-refractivity contribution < 1.29 is 42.1 Å². The molecule has 0 aliphatic carbocycles. The number of ether oxygens (including phenoxy) is 2. The lowest BCUT2D eigenvalue weighted by Crippen LogP contribution is -2.45. The van der Waals surface area contributed by atoms with Gasteiger partial charge in [-0.15, -0.1) is 0 Å². The number of anilines is 1. The van der Waals surface area contributed by atoms with Crippen molar-refractivity contribution >= 4 is 29.3 Å². The molecule has 0 aliphatic heterocycles. The molecule has 0 spiro atoms. The summed E-state index contributed by atoms with van der Waals surface area (Å²) in [6, 6.07) is 14.6. The van der Waals surface area contributed by atoms with Crippen molar-refractivity contribution in [2.75, 3.05) is 39.2 Å². The first-order chi connectivity index (χ1) is 21.6. The predicted octanol–water partition coefficient (Wildman–Crippen LogP) is 3.26. The molecule has 1 unspecified atom stereocenters. The fourth-order valence-electron chi connectivity index (χ4n) is 3.62. The number of carbonyl (C=O) groups excluding carboxylic acids is 2. The Kier molecular flexibility index (Phi) is 13.8. The van der Waals surface area contributed by atoms with Gasteiger partial charge >= 0.3 is 12.1 Å². The molecule has 2 amide bonds. The number of nitrogens with zero attached hydrogens (tertiary/aromatic N) is 2. The van der Waals surface area contributed by atoms with Gasteiger partial charge < -0.3 is 30.5 Å². The highest BCUT2D eigenvalue weighted by Gasteiger charge is 2.38. The number of alkyl halides is 3. The molecule has 0 saturated heterocycles. The Balaban J connectivity index is 0.000000942. The van der Waals surface area contributed by atoms with Gasteiger partial charge in [-0.05, 0) is 81.5 Å². The van der Waals surface area contributed by atoms with E-state index in [1.165, 1.54) is 6.20 Å². The normalized spacial score (nSPS) is 11.4. The number of hydrazine groups is 1. The summed E-state index contributed by atoms with van der Waals surface area (Å²) in [5.74, 6) is -2.82. The number of carboxylic acid groups (broad SMARTS) is 1. The van der Waals surface area contributed by atoms with Crippen molar-refractivity contribution in [3.8, 4) is 11.5 Å². The van der Waals surface area contributed by atoms with Gasteiger partial charge in [-0.25, -0.2) is 4.79 Å². The number of pyridine rings is 1. The molecule has 2 aromatic carbocycles. The average Bonchev–Trinajstić information content (AvgIpc) is 2.99. The number of hydrogen-bond donors (Lipinski definition) is 6. The van der Waals surface area contributed by atoms with E-state index in [0.717, 1.165) is 6.54 Å². The number of amidine groups is 1. The van der Waals surface area contributed by atoms with Gasteiger partial charge in [-0.1, -0.05) is 12.1 Å². The van der Waals surface area contributed by atoms with Gasteiger partial charge in [-0.3, -0.25) is 30.8 Å². The first-order valence-electron chi connectivity index (χ1n) is 13.7. The summed E-state index contributed by atoms with van der Waals surface area (Å²) in [5.41, 5.74) is 13.1. The van der Waals surface area contributed by atoms with Crippen molar-refractivity contribution in [3.05, 3.63) is 83.2 Å². The summed E-state index contributed by atoms with van der Waals surface area (Å²) in [6.45, 7) is 5.23. The van der Waals surface area contributed by atoms with Crippen molar-refractivity contribution in [2.24, 2.45) is 5.73 Å². The molecule has 13 nitrogen and oxygen atoms in total. The number of amides is 2. The van der Waals surface area contributed by atoms with Crippen LogP contribution in [0.5, 0.6) is 11.5 Å². The summed E-state index contributed by atoms with van der Waals surface area (Å²) >= 11 is 0. The van der Waals surface area contributed by atoms with Crippen LogP contribution in [0.15, 0.2) is 60.8 Å². The number of nitrogen functional groups attached to an aromatic ring is 1. The molecule has 3 rings (SSSR count). The Morgan fingerprint density at radius 2 is 1.70 bits per heavy atom. The Labute approximate surface area is 263 Å². The Morgan fingerprint density at radius 1 is 1.04 bits per heavy atom. The number of nitrogens with two attached hydrogens (primary N) is 1. The zero-order valence-electron chi connectivity index (χ0n) is 25.6. The number of aliphatic carboxylic acids is 1. The predicted molar refractivity (Wildman–Crippen MR) is 164 cm³/mol. The molecule has 248 valence electrons. The molecule has 3 aromatic rings. The first-order valence-corrected chi connectivity index (χ1v) is 13.7. The number of hydrogen-bond acceptors (Lipinski definition) is 9. The minimum Gasteiger partial charge on any atom is -0.490 e. The zero-order chi connectivity index (χ0) is 34.4. The van der Waals surface area contributed by atoms with Crippen LogP contribution in [0.3, 0.4) is 0 Å². The Bertz CT molecular complexity index is 1500. The van der Waals surface area contributed by atoms with Gasteiger partial charge in [-0.2, -0.15) is 13.2 Å². The topological polar surface area (TPSA) is 192 Å². The van der Waals surface area contributed by atoms with Gasteiger partial charge in [0.2, 0.25) is 0 Å². The second-order valence-corrected chi connectivity index (χ2v) is 9.77. The fourth-order valence-corrected chi connectivity index (χ4v) is 3.62. The molecule has 16 heteroatoms. The third-order valence-electron chi connectivity index (χ3n) is 5.93. The molecular formula is C30H36F3N7O6. The second kappa shape index (κ2) is 17.2. The van der Waals surface area contributed by atoms with Crippen LogP contribution < -0.4 is 31.4 Å². The van der Waals surface area contributed by atoms with Gasteiger partial charge in [0.1, 0.15) is 24.2 Å². The molecule has 1 atom stereocenters. The van der Waals surface area contributed by atoms with Crippen molar-refractivity contribution in [3.63, 3.8) is 0 Å². The van der Waals surface area contributed by atoms with Gasteiger partial charge in [0.05, 0.1) is 6.61 Å². The van der Waals surface area contributed by atoms with E-state index < -0.39 is 30.0 Å². The lowest BCUT2D eigenvalue weighted by Gasteiger charge is -2.22. The highest BCUT2D eigenvalue weighted by Crippen LogP contribution is 2.32. The summed E-state index contributed by atoms with van der Waals surface area (Å²) < 4.78 is 43.5. The highest BCUT2D eigenvalue weighted by molar-refractivity contribution is 5.96. The van der Waals surface area contributed by atoms with Gasteiger partial charge in [0.25, 0.3) is 11.8 Å². The highest BCUT2D eigenvalue weighted by atomic mass is 19.4. The monoisotopic (exact) mass is 647 g/mol. The van der Waals surface area contributed by atoms with Crippen molar-refractivity contribution in [2.45, 2.75) is 26.1 Å². The van der Waals surface area contributed by atoms with Gasteiger partial charge in [0, 0.05) is 24.0 Å². The summed E-state index contributed by atoms with van der Waals surface area (Å²) in [4.78, 5) is 41.0. The van der Waals surface area contributed by atoms with Crippen molar-refractivity contribution in [1.82, 2.24) is 20.7 Å². The van der Waals surface area contributed by atoms with Crippen LogP contribution in [0.25, 0.3) is 0 Å². The quantitative estimate of drug-likeness (QED) is 0.0966. The molecule has 0 aliphatic rings. The number of benzene rings is 2. The van der Waals surface area contributed by atoms with E-state index in [9.17, 15) is 22.8 Å². The molecule has 1 heterocycles. The maximum absolute atomic E-state index is 13.4. The lowest BCUT2D eigenvalue weighted by atomic mass is 10.0. The summed E-state index contributed by atoms with van der Waals surface area (Å²) in [7, 11) is 3.92. The van der Waals surface area contributed by atoms with Crippen LogP contribution >= 0.6 is 0 Å². The van der Waals surface area contributed by atoms with E-state index in [0.29, 0.717) is 47.1 Å². The Morgan fingerprint density at radius 3 is 2.24 bits per heavy atom. The minimum absolute atomic E-state index is 0.0606. The van der Waals surface area contributed by atoms with E-state index in [1.807, 2.05) is 25.9 Å². The van der Waals surface area contributed by atoms with Crippen LogP contribution in [0.4, 0.5) is 18.9 Å². The molecule has 0 fully saturated rings. The third-order valence-corrected chi connectivity index (χ3v) is 5.93. The smallest absolute Gasteiger partial charge is 0.490 e. The number of aryl methyl sites for hydroxylation is 1. The second-order valence-electron chi connectivity index (χ2n) is 9.77. The molecule has 7 N–H and O–H groups in total. The van der Waals surface area contributed by atoms with Crippen molar-refractivity contribution in [1.29, 1.82) is 5.41 Å². The van der Waals surface area contributed by atoms with Gasteiger partial charge in [0.15, 0.2) is 11.5 Å². The van der Waals surface area contributed by atoms with Crippen LogP contribution in [0.1, 0.15) is 40.1 Å². The largest absolute Gasteiger partial charge is 0.490 e. The van der Waals surface area contributed by atoms with E-state index in [-0.39, 0.29) is 11.5 Å². The molecule has 1 aromatic heterocycles. The van der Waals surface area contributed by atoms with E-state index in [1.54, 1.807) is 61.5 Å². The van der Waals surface area contributed by atoms with E-state index in [4.69, 9.17) is 30.5 Å². The van der Waals surface area contributed by atoms with Crippen LogP contribution in [-0.2, 0) is 9.59 Å². The number of nitrogens with one attached hydrogen (secondary N) is 4. The number of halogens is 3. The summed E-state index contributed by atoms with van der Waals surface area (Å²) in [5, 5.41) is 17.9. The SMILES string of the molecule is CCOc1cc(C(Nc2ccc(C(=N)N)cc2)C(=O)NNC(=O)c2ncccc2C)ccc1OCCN(C)C.O=C(O)C(F)(F)F. The maximum atomic E-state index is 13.4. The molecule has 0 radical (unpaired) electrons. The average molecular weight is 648 g/mol. The summed E-state index contributed by atoms with van der Waals surface area (Å²) in [6.07, 6.45) is -3.57. The van der Waals surface area contributed by atoms with Crippen LogP contribution in [0.2, 0.25) is 0 Å². The number of carbonyl (C=O) groups is 3. The van der Waals surface area contributed by atoms with E-state index in [2.05, 4.69) is 21.2 Å². The minimum atomic E-state index is -5.08. The zero-order valence-corrected chi connectivity index (χ0v) is 25.6. The van der Waals surface area contributed by atoms with E-state index >= 15 is 0 Å². The first kappa shape index (κ1) is 36.8. The maximum Gasteiger partial charge on any atom is 0.490 e. The molecule has 0 bridgehead atoms.